The molecule has 25 heavy (non-hydrogen) atoms. The molecule has 128 valence electrons. The molecule has 0 aliphatic carbocycles. The molecule has 0 amide bonds. The van der Waals surface area contributed by atoms with Crippen LogP contribution in [0.3, 0.4) is 0 Å². The van der Waals surface area contributed by atoms with Crippen molar-refractivity contribution in [3.05, 3.63) is 78.0 Å². The fraction of sp³-hybridized carbons (Fsp3) is 0.200. The van der Waals surface area contributed by atoms with Crippen LogP contribution in [-0.4, -0.2) is 23.6 Å². The Morgan fingerprint density at radius 1 is 0.920 bits per heavy atom. The van der Waals surface area contributed by atoms with Gasteiger partial charge < -0.3 is 9.80 Å². The molecule has 4 nitrogen and oxygen atoms in total. The highest BCUT2D eigenvalue weighted by Gasteiger charge is 2.18. The molecule has 2 heterocycles. The summed E-state index contributed by atoms with van der Waals surface area (Å²) in [5.41, 5.74) is 3.92. The first kappa shape index (κ1) is 17.2. The Morgan fingerprint density at radius 2 is 1.64 bits per heavy atom. The quantitative estimate of drug-likeness (QED) is 0.706. The maximum Gasteiger partial charge on any atom is 0.231 e. The molecule has 0 bridgehead atoms. The van der Waals surface area contributed by atoms with Gasteiger partial charge in [-0.25, -0.2) is 4.98 Å². The third-order valence-electron chi connectivity index (χ3n) is 4.53. The minimum Gasteiger partial charge on any atom is -0.352 e. The van der Waals surface area contributed by atoms with E-state index in [1.165, 1.54) is 11.1 Å². The lowest BCUT2D eigenvalue weighted by atomic mass is 10.00. The number of benzene rings is 2. The number of fused-ring (bicyclic) bond motifs is 1. The van der Waals surface area contributed by atoms with Gasteiger partial charge in [0.15, 0.2) is 0 Å². The van der Waals surface area contributed by atoms with Gasteiger partial charge in [-0.1, -0.05) is 42.5 Å². The van der Waals surface area contributed by atoms with E-state index in [9.17, 15) is 0 Å². The molecular formula is C20H21ClN4. The van der Waals surface area contributed by atoms with E-state index < -0.39 is 0 Å². The lowest BCUT2D eigenvalue weighted by Gasteiger charge is -2.30. The van der Waals surface area contributed by atoms with Crippen LogP contribution in [0, 0.1) is 0 Å². The van der Waals surface area contributed by atoms with Crippen molar-refractivity contribution in [2.45, 2.75) is 13.0 Å². The van der Waals surface area contributed by atoms with Gasteiger partial charge in [0.25, 0.3) is 0 Å². The first-order valence-electron chi connectivity index (χ1n) is 8.25. The summed E-state index contributed by atoms with van der Waals surface area (Å²) in [5.74, 6) is 1.70. The maximum atomic E-state index is 4.79. The molecule has 0 fully saturated rings. The minimum atomic E-state index is 0. The molecule has 5 heteroatoms. The van der Waals surface area contributed by atoms with Crippen LogP contribution in [0.1, 0.15) is 11.1 Å². The number of hydrogen-bond donors (Lipinski definition) is 0. The standard InChI is InChI=1S/C20H20N4.ClH/c1-23(18-9-3-2-4-10-18)20-21-13-11-19(22-20)24-14-12-16-7-5-6-8-17(16)15-24;/h2-11,13H,12,14-15H2,1H3;1H. The Morgan fingerprint density at radius 3 is 2.44 bits per heavy atom. The second-order valence-electron chi connectivity index (χ2n) is 6.05. The third kappa shape index (κ3) is 3.59. The molecule has 0 saturated carbocycles. The summed E-state index contributed by atoms with van der Waals surface area (Å²) in [6, 6.07) is 20.8. The number of halogens is 1. The van der Waals surface area contributed by atoms with Crippen molar-refractivity contribution in [1.82, 2.24) is 9.97 Å². The lowest BCUT2D eigenvalue weighted by molar-refractivity contribution is 0.719. The van der Waals surface area contributed by atoms with Crippen LogP contribution < -0.4 is 9.80 Å². The van der Waals surface area contributed by atoms with Crippen molar-refractivity contribution < 1.29 is 0 Å². The minimum absolute atomic E-state index is 0. The summed E-state index contributed by atoms with van der Waals surface area (Å²) in [7, 11) is 2.00. The van der Waals surface area contributed by atoms with E-state index in [4.69, 9.17) is 4.98 Å². The van der Waals surface area contributed by atoms with Crippen molar-refractivity contribution >= 4 is 29.9 Å². The molecule has 4 rings (SSSR count). The topological polar surface area (TPSA) is 32.3 Å². The van der Waals surface area contributed by atoms with E-state index >= 15 is 0 Å². The number of anilines is 3. The van der Waals surface area contributed by atoms with E-state index in [0.717, 1.165) is 37.0 Å². The van der Waals surface area contributed by atoms with Crippen molar-refractivity contribution in [2.24, 2.45) is 0 Å². The van der Waals surface area contributed by atoms with E-state index in [1.54, 1.807) is 0 Å². The fourth-order valence-corrected chi connectivity index (χ4v) is 3.14. The Kier molecular flexibility index (Phi) is 5.19. The summed E-state index contributed by atoms with van der Waals surface area (Å²) in [5, 5.41) is 0. The van der Waals surface area contributed by atoms with Crippen molar-refractivity contribution in [1.29, 1.82) is 0 Å². The highest BCUT2D eigenvalue weighted by Crippen LogP contribution is 2.25. The fourth-order valence-electron chi connectivity index (χ4n) is 3.14. The van der Waals surface area contributed by atoms with Gasteiger partial charge in [-0.05, 0) is 35.7 Å². The zero-order chi connectivity index (χ0) is 16.4. The molecule has 1 aromatic heterocycles. The summed E-state index contributed by atoms with van der Waals surface area (Å²) >= 11 is 0. The van der Waals surface area contributed by atoms with Crippen LogP contribution in [0.25, 0.3) is 0 Å². The molecular weight excluding hydrogens is 332 g/mol. The number of para-hydroxylation sites is 1. The predicted octanol–water partition coefficient (Wildman–Crippen LogP) is 4.23. The van der Waals surface area contributed by atoms with Crippen molar-refractivity contribution in [3.8, 4) is 0 Å². The SMILES string of the molecule is CN(c1ccccc1)c1nccc(N2CCc3ccccc3C2)n1.Cl. The molecule has 3 aromatic rings. The van der Waals surface area contributed by atoms with E-state index in [1.807, 2.05) is 42.4 Å². The number of nitrogens with zero attached hydrogens (tertiary/aromatic N) is 4. The molecule has 0 N–H and O–H groups in total. The first-order chi connectivity index (χ1) is 11.8. The van der Waals surface area contributed by atoms with Gasteiger partial charge in [0.05, 0.1) is 0 Å². The third-order valence-corrected chi connectivity index (χ3v) is 4.53. The van der Waals surface area contributed by atoms with E-state index in [0.29, 0.717) is 0 Å². The summed E-state index contributed by atoms with van der Waals surface area (Å²) in [6.07, 6.45) is 2.90. The van der Waals surface area contributed by atoms with Gasteiger partial charge in [0, 0.05) is 32.0 Å². The molecule has 1 aliphatic heterocycles. The molecule has 0 atom stereocenters. The second kappa shape index (κ2) is 7.53. The van der Waals surface area contributed by atoms with E-state index in [-0.39, 0.29) is 12.4 Å². The van der Waals surface area contributed by atoms with Crippen molar-refractivity contribution in [3.63, 3.8) is 0 Å². The highest BCUT2D eigenvalue weighted by atomic mass is 35.5. The molecule has 0 radical (unpaired) electrons. The monoisotopic (exact) mass is 352 g/mol. The molecule has 0 saturated heterocycles. The number of hydrogen-bond acceptors (Lipinski definition) is 4. The molecule has 1 aliphatic rings. The smallest absolute Gasteiger partial charge is 0.231 e. The molecule has 0 unspecified atom stereocenters. The zero-order valence-electron chi connectivity index (χ0n) is 14.2. The van der Waals surface area contributed by atoms with Crippen molar-refractivity contribution in [2.75, 3.05) is 23.4 Å². The van der Waals surface area contributed by atoms with Gasteiger partial charge in [-0.3, -0.25) is 0 Å². The molecule has 0 spiro atoms. The van der Waals surface area contributed by atoms with Gasteiger partial charge in [0.1, 0.15) is 5.82 Å². The van der Waals surface area contributed by atoms with Crippen LogP contribution in [0.4, 0.5) is 17.5 Å². The highest BCUT2D eigenvalue weighted by molar-refractivity contribution is 5.85. The number of aromatic nitrogens is 2. The zero-order valence-corrected chi connectivity index (χ0v) is 15.0. The number of rotatable bonds is 3. The lowest BCUT2D eigenvalue weighted by Crippen LogP contribution is -2.31. The normalized spacial score (nSPS) is 12.9. The largest absolute Gasteiger partial charge is 0.352 e. The van der Waals surface area contributed by atoms with E-state index in [2.05, 4.69) is 46.3 Å². The van der Waals surface area contributed by atoms with Gasteiger partial charge in [-0.2, -0.15) is 4.98 Å². The van der Waals surface area contributed by atoms with Gasteiger partial charge >= 0.3 is 0 Å². The van der Waals surface area contributed by atoms with Gasteiger partial charge in [-0.15, -0.1) is 12.4 Å². The average molecular weight is 353 g/mol. The van der Waals surface area contributed by atoms with Crippen LogP contribution in [-0.2, 0) is 13.0 Å². The Labute approximate surface area is 154 Å². The van der Waals surface area contributed by atoms with Crippen LogP contribution in [0.5, 0.6) is 0 Å². The molecule has 2 aromatic carbocycles. The maximum absolute atomic E-state index is 4.79. The second-order valence-corrected chi connectivity index (χ2v) is 6.05. The predicted molar refractivity (Wildman–Crippen MR) is 105 cm³/mol. The summed E-state index contributed by atoms with van der Waals surface area (Å²) in [4.78, 5) is 13.6. The van der Waals surface area contributed by atoms with Crippen LogP contribution in [0.2, 0.25) is 0 Å². The average Bonchev–Trinajstić information content (AvgIpc) is 2.68. The Hall–Kier alpha value is -2.59. The Bertz CT molecular complexity index is 838. The Balaban J connectivity index is 0.00000182. The van der Waals surface area contributed by atoms with Crippen LogP contribution >= 0.6 is 12.4 Å². The summed E-state index contributed by atoms with van der Waals surface area (Å²) < 4.78 is 0. The summed E-state index contributed by atoms with van der Waals surface area (Å²) in [6.45, 7) is 1.89. The van der Waals surface area contributed by atoms with Crippen LogP contribution in [0.15, 0.2) is 66.9 Å². The first-order valence-corrected chi connectivity index (χ1v) is 8.25. The van der Waals surface area contributed by atoms with Gasteiger partial charge in [0.2, 0.25) is 5.95 Å².